The monoisotopic (exact) mass is 288 g/mol. The van der Waals surface area contributed by atoms with Gasteiger partial charge < -0.3 is 4.74 Å². The molecule has 0 bridgehead atoms. The zero-order valence-corrected chi connectivity index (χ0v) is 12.5. The number of nitrogens with zero attached hydrogens (tertiary/aromatic N) is 3. The maximum Gasteiger partial charge on any atom is 0.337 e. The standard InChI is InChI=1S/C16H22N3O2/c1-21-15(20)14-4-2-13(3-5-14)12-19-10-8-17-6-7-18(9-11-19)16(17)19/h2-5,16H,6-12H2,1H3/q+1. The first-order valence-corrected chi connectivity index (χ1v) is 7.73. The van der Waals surface area contributed by atoms with E-state index in [0.717, 1.165) is 6.54 Å². The molecule has 3 saturated heterocycles. The van der Waals surface area contributed by atoms with Crippen LogP contribution in [0, 0.1) is 0 Å². The molecule has 0 amide bonds. The minimum Gasteiger partial charge on any atom is -0.465 e. The van der Waals surface area contributed by atoms with Crippen molar-refractivity contribution in [3.8, 4) is 0 Å². The Balaban J connectivity index is 1.54. The van der Waals surface area contributed by atoms with Gasteiger partial charge in [0.1, 0.15) is 6.54 Å². The van der Waals surface area contributed by atoms with Gasteiger partial charge in [-0.25, -0.2) is 14.6 Å². The summed E-state index contributed by atoms with van der Waals surface area (Å²) in [6.45, 7) is 8.47. The average Bonchev–Trinajstić information content (AvgIpc) is 3.16. The highest BCUT2D eigenvalue weighted by Crippen LogP contribution is 2.37. The number of ether oxygens (including phenoxy) is 1. The van der Waals surface area contributed by atoms with Crippen LogP contribution in [0.1, 0.15) is 15.9 Å². The summed E-state index contributed by atoms with van der Waals surface area (Å²) in [5, 5.41) is 0. The SMILES string of the molecule is COC(=O)c1ccc(C[N+]23CCN4CCN(CC2)C43)cc1. The lowest BCUT2D eigenvalue weighted by Crippen LogP contribution is -2.51. The highest BCUT2D eigenvalue weighted by atomic mass is 16.5. The minimum atomic E-state index is -0.260. The molecule has 0 aliphatic carbocycles. The van der Waals surface area contributed by atoms with Crippen LogP contribution in [0.3, 0.4) is 0 Å². The van der Waals surface area contributed by atoms with Crippen molar-refractivity contribution in [1.29, 1.82) is 0 Å². The Morgan fingerprint density at radius 2 is 1.76 bits per heavy atom. The maximum absolute atomic E-state index is 11.5. The Hall–Kier alpha value is -1.43. The summed E-state index contributed by atoms with van der Waals surface area (Å²) >= 11 is 0. The Morgan fingerprint density at radius 3 is 2.33 bits per heavy atom. The van der Waals surface area contributed by atoms with Crippen molar-refractivity contribution in [1.82, 2.24) is 9.80 Å². The van der Waals surface area contributed by atoms with Gasteiger partial charge in [0.05, 0.1) is 38.9 Å². The Morgan fingerprint density at radius 1 is 1.14 bits per heavy atom. The van der Waals surface area contributed by atoms with Crippen LogP contribution < -0.4 is 0 Å². The fourth-order valence-electron chi connectivity index (χ4n) is 4.33. The molecule has 0 N–H and O–H groups in total. The molecule has 0 radical (unpaired) electrons. The minimum absolute atomic E-state index is 0.260. The lowest BCUT2D eigenvalue weighted by atomic mass is 10.1. The number of carbonyl (C=O) groups is 1. The second-order valence-electron chi connectivity index (χ2n) is 6.43. The number of hydrogen-bond acceptors (Lipinski definition) is 4. The number of esters is 1. The van der Waals surface area contributed by atoms with Crippen molar-refractivity contribution in [2.45, 2.75) is 12.8 Å². The van der Waals surface area contributed by atoms with Crippen LogP contribution in [0.25, 0.3) is 0 Å². The second kappa shape index (κ2) is 4.80. The van der Waals surface area contributed by atoms with E-state index < -0.39 is 0 Å². The molecule has 0 atom stereocenters. The van der Waals surface area contributed by atoms with Gasteiger partial charge in [0.2, 0.25) is 6.29 Å². The van der Waals surface area contributed by atoms with E-state index >= 15 is 0 Å². The first-order chi connectivity index (χ1) is 10.2. The molecule has 4 rings (SSSR count). The van der Waals surface area contributed by atoms with Crippen LogP contribution in [-0.4, -0.2) is 72.9 Å². The summed E-state index contributed by atoms with van der Waals surface area (Å²) in [7, 11) is 1.42. The van der Waals surface area contributed by atoms with Crippen molar-refractivity contribution < 1.29 is 14.0 Å². The smallest absolute Gasteiger partial charge is 0.337 e. The second-order valence-corrected chi connectivity index (χ2v) is 6.43. The predicted octanol–water partition coefficient (Wildman–Crippen LogP) is 0.718. The summed E-state index contributed by atoms with van der Waals surface area (Å²) in [4.78, 5) is 16.8. The zero-order valence-electron chi connectivity index (χ0n) is 12.5. The first-order valence-electron chi connectivity index (χ1n) is 7.73. The van der Waals surface area contributed by atoms with E-state index in [4.69, 9.17) is 4.74 Å². The van der Waals surface area contributed by atoms with Gasteiger partial charge in [-0.2, -0.15) is 0 Å². The molecular formula is C16H22N3O2+. The van der Waals surface area contributed by atoms with Gasteiger partial charge in [0.15, 0.2) is 0 Å². The van der Waals surface area contributed by atoms with Gasteiger partial charge in [-0.3, -0.25) is 4.48 Å². The van der Waals surface area contributed by atoms with Crippen molar-refractivity contribution in [3.63, 3.8) is 0 Å². The van der Waals surface area contributed by atoms with Gasteiger partial charge in [0, 0.05) is 18.7 Å². The highest BCUT2D eigenvalue weighted by molar-refractivity contribution is 5.89. The lowest BCUT2D eigenvalue weighted by molar-refractivity contribution is -0.949. The lowest BCUT2D eigenvalue weighted by Gasteiger charge is -2.34. The first kappa shape index (κ1) is 13.2. The van der Waals surface area contributed by atoms with Crippen molar-refractivity contribution in [2.75, 3.05) is 46.4 Å². The number of quaternary nitrogens is 1. The van der Waals surface area contributed by atoms with Gasteiger partial charge in [-0.15, -0.1) is 0 Å². The number of rotatable bonds is 3. The normalized spacial score (nSPS) is 31.6. The summed E-state index contributed by atoms with van der Waals surface area (Å²) in [5.41, 5.74) is 1.95. The van der Waals surface area contributed by atoms with E-state index in [9.17, 15) is 4.79 Å². The number of benzene rings is 1. The molecule has 5 nitrogen and oxygen atoms in total. The fraction of sp³-hybridized carbons (Fsp3) is 0.562. The van der Waals surface area contributed by atoms with Gasteiger partial charge >= 0.3 is 5.97 Å². The Labute approximate surface area is 125 Å². The molecule has 3 heterocycles. The number of hydrogen-bond donors (Lipinski definition) is 0. The highest BCUT2D eigenvalue weighted by Gasteiger charge is 2.57. The third-order valence-electron chi connectivity index (χ3n) is 5.36. The van der Waals surface area contributed by atoms with Crippen LogP contribution in [0.2, 0.25) is 0 Å². The molecule has 0 unspecified atom stereocenters. The zero-order chi connectivity index (χ0) is 14.4. The Kier molecular flexibility index (Phi) is 3.03. The van der Waals surface area contributed by atoms with Gasteiger partial charge in [-0.05, 0) is 12.1 Å². The number of carbonyl (C=O) groups excluding carboxylic acids is 1. The molecule has 1 aromatic carbocycles. The molecule has 0 aromatic heterocycles. The third kappa shape index (κ3) is 1.99. The van der Waals surface area contributed by atoms with Crippen LogP contribution >= 0.6 is 0 Å². The number of methoxy groups -OCH3 is 1. The molecule has 112 valence electrons. The fourth-order valence-corrected chi connectivity index (χ4v) is 4.33. The van der Waals surface area contributed by atoms with Crippen LogP contribution in [0.15, 0.2) is 24.3 Å². The molecule has 0 saturated carbocycles. The van der Waals surface area contributed by atoms with E-state index in [2.05, 4.69) is 21.9 Å². The summed E-state index contributed by atoms with van der Waals surface area (Å²) in [6.07, 6.45) is 0.602. The molecular weight excluding hydrogens is 266 g/mol. The molecule has 21 heavy (non-hydrogen) atoms. The average molecular weight is 288 g/mol. The molecule has 3 aliphatic rings. The van der Waals surface area contributed by atoms with Gasteiger partial charge in [-0.1, -0.05) is 12.1 Å². The maximum atomic E-state index is 11.5. The van der Waals surface area contributed by atoms with E-state index in [-0.39, 0.29) is 5.97 Å². The molecule has 3 fully saturated rings. The predicted molar refractivity (Wildman–Crippen MR) is 78.4 cm³/mol. The van der Waals surface area contributed by atoms with Crippen molar-refractivity contribution in [3.05, 3.63) is 35.4 Å². The summed E-state index contributed by atoms with van der Waals surface area (Å²) < 4.78 is 5.94. The van der Waals surface area contributed by atoms with Gasteiger partial charge in [0.25, 0.3) is 0 Å². The molecule has 3 aliphatic heterocycles. The molecule has 5 heteroatoms. The third-order valence-corrected chi connectivity index (χ3v) is 5.36. The van der Waals surface area contributed by atoms with E-state index in [1.54, 1.807) is 0 Å². The van der Waals surface area contributed by atoms with E-state index in [1.165, 1.54) is 56.4 Å². The molecule has 1 aromatic rings. The summed E-state index contributed by atoms with van der Waals surface area (Å²) in [5.74, 6) is -0.260. The largest absolute Gasteiger partial charge is 0.465 e. The van der Waals surface area contributed by atoms with Crippen LogP contribution in [0.4, 0.5) is 0 Å². The van der Waals surface area contributed by atoms with Crippen LogP contribution in [-0.2, 0) is 11.3 Å². The van der Waals surface area contributed by atoms with Crippen LogP contribution in [0.5, 0.6) is 0 Å². The van der Waals surface area contributed by atoms with E-state index in [1.807, 2.05) is 12.1 Å². The van der Waals surface area contributed by atoms with Crippen molar-refractivity contribution >= 4 is 5.97 Å². The molecule has 0 spiro atoms. The van der Waals surface area contributed by atoms with Crippen molar-refractivity contribution in [2.24, 2.45) is 0 Å². The summed E-state index contributed by atoms with van der Waals surface area (Å²) in [6, 6.07) is 7.94. The van der Waals surface area contributed by atoms with E-state index in [0.29, 0.717) is 11.9 Å². The Bertz CT molecular complexity index is 541. The topological polar surface area (TPSA) is 32.8 Å². The quantitative estimate of drug-likeness (QED) is 0.606.